The zero-order valence-corrected chi connectivity index (χ0v) is 33.7. The van der Waals surface area contributed by atoms with E-state index in [1.165, 1.54) is 81.6 Å². The van der Waals surface area contributed by atoms with E-state index in [1.54, 1.807) is 0 Å². The van der Waals surface area contributed by atoms with Crippen molar-refractivity contribution in [1.29, 1.82) is 0 Å². The summed E-state index contributed by atoms with van der Waals surface area (Å²) in [5.74, 6) is 0.390. The van der Waals surface area contributed by atoms with Crippen molar-refractivity contribution >= 4 is 65.9 Å². The molecule has 2 aliphatic carbocycles. The molecule has 0 fully saturated rings. The third kappa shape index (κ3) is 6.45. The highest BCUT2D eigenvalue weighted by Gasteiger charge is 2.31. The van der Waals surface area contributed by atoms with Crippen LogP contribution in [0, 0.1) is 0 Å². The molecule has 3 aliphatic rings. The summed E-state index contributed by atoms with van der Waals surface area (Å²) in [6.45, 7) is 0. The molecular formula is C55H41NS2. The quantitative estimate of drug-likeness (QED) is 0.158. The number of thioether (sulfide) groups is 1. The zero-order chi connectivity index (χ0) is 38.4. The van der Waals surface area contributed by atoms with Crippen molar-refractivity contribution in [3.8, 4) is 33.4 Å². The smallest absolute Gasteiger partial charge is 0.0468 e. The van der Waals surface area contributed by atoms with Gasteiger partial charge in [-0.15, -0.1) is 23.1 Å². The van der Waals surface area contributed by atoms with Crippen molar-refractivity contribution < 1.29 is 0 Å². The third-order valence-corrected chi connectivity index (χ3v) is 14.4. The summed E-state index contributed by atoms with van der Waals surface area (Å²) in [7, 11) is 0. The first-order valence-electron chi connectivity index (χ1n) is 20.4. The highest BCUT2D eigenvalue weighted by atomic mass is 32.2. The van der Waals surface area contributed by atoms with Gasteiger partial charge in [-0.25, -0.2) is 0 Å². The highest BCUT2D eigenvalue weighted by Crippen LogP contribution is 2.50. The third-order valence-electron chi connectivity index (χ3n) is 11.9. The predicted octanol–water partition coefficient (Wildman–Crippen LogP) is 16.3. The van der Waals surface area contributed by atoms with Gasteiger partial charge in [-0.1, -0.05) is 134 Å². The number of thiophene rings is 1. The molecular weight excluding hydrogens is 739 g/mol. The summed E-state index contributed by atoms with van der Waals surface area (Å²) < 4.78 is 2.65. The molecule has 278 valence electrons. The maximum atomic E-state index is 2.47. The Balaban J connectivity index is 1.08. The Morgan fingerprint density at radius 1 is 0.500 bits per heavy atom. The molecule has 2 atom stereocenters. The van der Waals surface area contributed by atoms with E-state index in [2.05, 4.69) is 205 Å². The number of benzene rings is 7. The van der Waals surface area contributed by atoms with E-state index >= 15 is 0 Å². The fourth-order valence-corrected chi connectivity index (χ4v) is 11.3. The molecule has 0 amide bonds. The SMILES string of the molecule is C1=CC2Sc3ccc(-c4cc(N(c5ccc(C6=CCCCC=C6)cc5)c5ccc(-c6ccccc6)cc5)ccc4-c4ccc5sc6ccccc6c5c4)cc3C2C=C1. The van der Waals surface area contributed by atoms with Crippen LogP contribution in [-0.4, -0.2) is 5.25 Å². The van der Waals surface area contributed by atoms with Crippen LogP contribution in [0.15, 0.2) is 205 Å². The van der Waals surface area contributed by atoms with Crippen LogP contribution in [-0.2, 0) is 0 Å². The van der Waals surface area contributed by atoms with Crippen LogP contribution < -0.4 is 4.90 Å². The molecule has 58 heavy (non-hydrogen) atoms. The normalized spacial score (nSPS) is 16.9. The number of hydrogen-bond donors (Lipinski definition) is 0. The lowest BCUT2D eigenvalue weighted by Gasteiger charge is -2.27. The first kappa shape index (κ1) is 35.1. The zero-order valence-electron chi connectivity index (χ0n) is 32.1. The van der Waals surface area contributed by atoms with Gasteiger partial charge in [0.1, 0.15) is 0 Å². The molecule has 0 saturated heterocycles. The lowest BCUT2D eigenvalue weighted by atomic mass is 9.88. The van der Waals surface area contributed by atoms with Gasteiger partial charge in [-0.2, -0.15) is 0 Å². The fourth-order valence-electron chi connectivity index (χ4n) is 8.94. The van der Waals surface area contributed by atoms with Gasteiger partial charge in [-0.3, -0.25) is 0 Å². The minimum absolute atomic E-state index is 0.390. The Labute approximate surface area is 349 Å². The molecule has 8 aromatic rings. The molecule has 1 aliphatic heterocycles. The minimum Gasteiger partial charge on any atom is -0.310 e. The number of fused-ring (bicyclic) bond motifs is 6. The lowest BCUT2D eigenvalue weighted by Crippen LogP contribution is -2.10. The van der Waals surface area contributed by atoms with E-state index < -0.39 is 0 Å². The van der Waals surface area contributed by atoms with E-state index in [4.69, 9.17) is 0 Å². The van der Waals surface area contributed by atoms with Crippen LogP contribution in [0.4, 0.5) is 17.1 Å². The largest absolute Gasteiger partial charge is 0.310 e. The first-order chi connectivity index (χ1) is 28.7. The van der Waals surface area contributed by atoms with Crippen molar-refractivity contribution in [1.82, 2.24) is 0 Å². The van der Waals surface area contributed by atoms with Gasteiger partial charge < -0.3 is 4.90 Å². The van der Waals surface area contributed by atoms with Crippen LogP contribution in [0.1, 0.15) is 36.3 Å². The molecule has 0 radical (unpaired) electrons. The van der Waals surface area contributed by atoms with E-state index in [0.717, 1.165) is 29.9 Å². The maximum Gasteiger partial charge on any atom is 0.0468 e. The van der Waals surface area contributed by atoms with Crippen molar-refractivity contribution in [2.75, 3.05) is 4.90 Å². The Hall–Kier alpha value is -6.13. The first-order valence-corrected chi connectivity index (χ1v) is 22.1. The average molecular weight is 780 g/mol. The number of rotatable bonds is 7. The Kier molecular flexibility index (Phi) is 9.06. The second kappa shape index (κ2) is 15.0. The summed E-state index contributed by atoms with van der Waals surface area (Å²) >= 11 is 3.86. The van der Waals surface area contributed by atoms with Gasteiger partial charge in [0.2, 0.25) is 0 Å². The van der Waals surface area contributed by atoms with Gasteiger partial charge in [0.05, 0.1) is 0 Å². The van der Waals surface area contributed by atoms with Crippen LogP contribution in [0.25, 0.3) is 59.1 Å². The molecule has 2 heterocycles. The number of allylic oxidation sites excluding steroid dienone is 7. The summed E-state index contributed by atoms with van der Waals surface area (Å²) in [4.78, 5) is 3.81. The molecule has 1 aromatic heterocycles. The molecule has 0 spiro atoms. The summed E-state index contributed by atoms with van der Waals surface area (Å²) in [5.41, 5.74) is 14.8. The van der Waals surface area contributed by atoms with Gasteiger partial charge in [0, 0.05) is 53.3 Å². The number of anilines is 3. The molecule has 0 N–H and O–H groups in total. The van der Waals surface area contributed by atoms with E-state index in [-0.39, 0.29) is 0 Å². The van der Waals surface area contributed by atoms with E-state index in [0.29, 0.717) is 11.2 Å². The minimum atomic E-state index is 0.390. The molecule has 1 nitrogen and oxygen atoms in total. The standard InChI is InChI=1S/C55H41NS2/c1-2-5-13-37(12-4-1)39-20-26-43(27-21-39)56(44-28-22-40(23-29-44)38-14-6-3-7-15-38)45-30-31-46(41-24-32-54-50(34-41)47-16-8-10-18-52(47)57-54)49(36-45)42-25-33-55-51(35-42)48-17-9-11-19-53(48)58-55/h3-4,6-36,48,53H,1-2,5H2. The van der Waals surface area contributed by atoms with Crippen molar-refractivity contribution in [3.05, 3.63) is 211 Å². The van der Waals surface area contributed by atoms with Gasteiger partial charge in [0.25, 0.3) is 0 Å². The van der Waals surface area contributed by atoms with Crippen molar-refractivity contribution in [2.24, 2.45) is 0 Å². The fraction of sp³-hybridized carbons (Fsp3) is 0.0909. The number of nitrogens with zero attached hydrogens (tertiary/aromatic N) is 1. The van der Waals surface area contributed by atoms with E-state index in [9.17, 15) is 0 Å². The molecule has 0 bridgehead atoms. The Morgan fingerprint density at radius 3 is 2.05 bits per heavy atom. The second-order valence-corrected chi connectivity index (χ2v) is 17.8. The summed E-state index contributed by atoms with van der Waals surface area (Å²) in [6.07, 6.45) is 19.6. The summed E-state index contributed by atoms with van der Waals surface area (Å²) in [5, 5.41) is 3.10. The molecule has 11 rings (SSSR count). The monoisotopic (exact) mass is 779 g/mol. The Morgan fingerprint density at radius 2 is 1.19 bits per heavy atom. The lowest BCUT2D eigenvalue weighted by molar-refractivity contribution is 0.876. The van der Waals surface area contributed by atoms with Crippen LogP contribution in [0.5, 0.6) is 0 Å². The topological polar surface area (TPSA) is 3.24 Å². The molecule has 0 saturated carbocycles. The van der Waals surface area contributed by atoms with Crippen LogP contribution in [0.3, 0.4) is 0 Å². The highest BCUT2D eigenvalue weighted by molar-refractivity contribution is 8.00. The van der Waals surface area contributed by atoms with Crippen molar-refractivity contribution in [3.63, 3.8) is 0 Å². The van der Waals surface area contributed by atoms with Gasteiger partial charge in [-0.05, 0) is 136 Å². The molecule has 7 aromatic carbocycles. The maximum absolute atomic E-state index is 2.47. The summed E-state index contributed by atoms with van der Waals surface area (Å²) in [6, 6.07) is 59.0. The van der Waals surface area contributed by atoms with Crippen LogP contribution >= 0.6 is 23.1 Å². The molecule has 3 heteroatoms. The number of hydrogen-bond acceptors (Lipinski definition) is 3. The predicted molar refractivity (Wildman–Crippen MR) is 252 cm³/mol. The second-order valence-electron chi connectivity index (χ2n) is 15.5. The Bertz CT molecular complexity index is 2950. The van der Waals surface area contributed by atoms with E-state index in [1.807, 2.05) is 23.1 Å². The van der Waals surface area contributed by atoms with Gasteiger partial charge >= 0.3 is 0 Å². The van der Waals surface area contributed by atoms with Gasteiger partial charge in [0.15, 0.2) is 0 Å². The average Bonchev–Trinajstić information content (AvgIpc) is 3.72. The molecule has 2 unspecified atom stereocenters. The van der Waals surface area contributed by atoms with Crippen LogP contribution in [0.2, 0.25) is 0 Å². The van der Waals surface area contributed by atoms with Crippen molar-refractivity contribution in [2.45, 2.75) is 35.3 Å².